The first kappa shape index (κ1) is 8.88. The minimum atomic E-state index is -0.0851. The maximum absolute atomic E-state index is 11.4. The first-order chi connectivity index (χ1) is 6.70. The van der Waals surface area contributed by atoms with E-state index in [1.54, 1.807) is 6.08 Å². The average molecular weight is 186 g/mol. The fourth-order valence-electron chi connectivity index (χ4n) is 1.65. The van der Waals surface area contributed by atoms with Gasteiger partial charge in [-0.05, 0) is 24.1 Å². The maximum atomic E-state index is 11.4. The van der Waals surface area contributed by atoms with E-state index in [0.29, 0.717) is 12.7 Å². The van der Waals surface area contributed by atoms with Gasteiger partial charge in [0.15, 0.2) is 12.1 Å². The molecule has 0 saturated carbocycles. The van der Waals surface area contributed by atoms with Crippen LogP contribution in [0.4, 0.5) is 0 Å². The van der Waals surface area contributed by atoms with E-state index >= 15 is 0 Å². The highest BCUT2D eigenvalue weighted by atomic mass is 16.1. The van der Waals surface area contributed by atoms with Gasteiger partial charge in [0.2, 0.25) is 0 Å². The van der Waals surface area contributed by atoms with Crippen LogP contribution in [0.1, 0.15) is 16.7 Å². The molecule has 0 radical (unpaired) electrons. The number of aryl methyl sites for hydroxylation is 1. The lowest BCUT2D eigenvalue weighted by Gasteiger charge is -2.12. The van der Waals surface area contributed by atoms with E-state index in [0.717, 1.165) is 16.7 Å². The number of aldehydes is 1. The third-order valence-electron chi connectivity index (χ3n) is 2.41. The Kier molecular flexibility index (Phi) is 2.04. The number of fused-ring (bicyclic) bond motifs is 1. The summed E-state index contributed by atoms with van der Waals surface area (Å²) >= 11 is 0. The Morgan fingerprint density at radius 2 is 2.14 bits per heavy atom. The van der Waals surface area contributed by atoms with Gasteiger partial charge < -0.3 is 0 Å². The van der Waals surface area contributed by atoms with Crippen LogP contribution >= 0.6 is 0 Å². The summed E-state index contributed by atoms with van der Waals surface area (Å²) in [6, 6.07) is 5.92. The van der Waals surface area contributed by atoms with Crippen LogP contribution in [0, 0.1) is 6.92 Å². The molecule has 2 nitrogen and oxygen atoms in total. The second-order valence-electron chi connectivity index (χ2n) is 3.52. The molecule has 0 heterocycles. The van der Waals surface area contributed by atoms with E-state index in [9.17, 15) is 9.59 Å². The molecule has 2 rings (SSSR count). The molecular formula is C12H10O2. The molecule has 1 aromatic carbocycles. The predicted molar refractivity (Wildman–Crippen MR) is 53.9 cm³/mol. The van der Waals surface area contributed by atoms with Gasteiger partial charge in [-0.25, -0.2) is 0 Å². The van der Waals surface area contributed by atoms with Crippen LogP contribution in [0.15, 0.2) is 23.8 Å². The summed E-state index contributed by atoms with van der Waals surface area (Å²) in [5.41, 5.74) is 3.42. The highest BCUT2D eigenvalue weighted by Crippen LogP contribution is 2.21. The number of ketones is 1. The lowest BCUT2D eigenvalue weighted by molar-refractivity contribution is -0.117. The summed E-state index contributed by atoms with van der Waals surface area (Å²) < 4.78 is 0. The Labute approximate surface area is 82.2 Å². The molecule has 0 spiro atoms. The van der Waals surface area contributed by atoms with Crippen molar-refractivity contribution in [2.24, 2.45) is 0 Å². The molecule has 1 aliphatic rings. The molecule has 0 unspecified atom stereocenters. The number of rotatable bonds is 1. The van der Waals surface area contributed by atoms with Gasteiger partial charge in [0.05, 0.1) is 5.57 Å². The molecule has 1 aliphatic carbocycles. The Balaban J connectivity index is 2.56. The molecule has 0 atom stereocenters. The van der Waals surface area contributed by atoms with E-state index in [4.69, 9.17) is 0 Å². The normalized spacial score (nSPS) is 14.6. The second kappa shape index (κ2) is 3.22. The van der Waals surface area contributed by atoms with Crippen molar-refractivity contribution in [3.63, 3.8) is 0 Å². The molecule has 0 saturated heterocycles. The number of carbonyl (C=O) groups is 2. The zero-order chi connectivity index (χ0) is 10.1. The predicted octanol–water partition coefficient (Wildman–Crippen LogP) is 1.70. The molecule has 2 heteroatoms. The molecule has 14 heavy (non-hydrogen) atoms. The Morgan fingerprint density at radius 1 is 1.36 bits per heavy atom. The van der Waals surface area contributed by atoms with Crippen LogP contribution in [0.25, 0.3) is 6.08 Å². The van der Waals surface area contributed by atoms with Gasteiger partial charge in [-0.15, -0.1) is 0 Å². The molecule has 0 N–H and O–H groups in total. The van der Waals surface area contributed by atoms with Crippen molar-refractivity contribution in [1.82, 2.24) is 0 Å². The van der Waals surface area contributed by atoms with Gasteiger partial charge in [-0.3, -0.25) is 9.59 Å². The Morgan fingerprint density at radius 3 is 2.86 bits per heavy atom. The summed E-state index contributed by atoms with van der Waals surface area (Å²) in [6.45, 7) is 1.99. The van der Waals surface area contributed by atoms with E-state index in [2.05, 4.69) is 0 Å². The van der Waals surface area contributed by atoms with E-state index < -0.39 is 0 Å². The van der Waals surface area contributed by atoms with Gasteiger partial charge in [0.25, 0.3) is 0 Å². The van der Waals surface area contributed by atoms with E-state index in [1.165, 1.54) is 0 Å². The first-order valence-corrected chi connectivity index (χ1v) is 4.50. The zero-order valence-corrected chi connectivity index (χ0v) is 7.91. The smallest absolute Gasteiger partial charge is 0.170 e. The van der Waals surface area contributed by atoms with Crippen LogP contribution in [0.3, 0.4) is 0 Å². The number of carbonyl (C=O) groups excluding carboxylic acids is 2. The number of hydrogen-bond acceptors (Lipinski definition) is 2. The van der Waals surface area contributed by atoms with Crippen molar-refractivity contribution in [2.75, 3.05) is 0 Å². The van der Waals surface area contributed by atoms with Crippen molar-refractivity contribution in [3.8, 4) is 0 Å². The molecule has 0 bridgehead atoms. The van der Waals surface area contributed by atoms with Gasteiger partial charge in [-0.2, -0.15) is 0 Å². The Hall–Kier alpha value is -1.70. The number of Topliss-reactive ketones (excluding diaryl/α,β-unsaturated/α-hetero) is 1. The summed E-state index contributed by atoms with van der Waals surface area (Å²) in [6.07, 6.45) is 2.64. The second-order valence-corrected chi connectivity index (χ2v) is 3.52. The van der Waals surface area contributed by atoms with Gasteiger partial charge in [0.1, 0.15) is 0 Å². The summed E-state index contributed by atoms with van der Waals surface area (Å²) in [7, 11) is 0. The van der Waals surface area contributed by atoms with Crippen LogP contribution in [-0.4, -0.2) is 12.1 Å². The minimum absolute atomic E-state index is 0.0851. The first-order valence-electron chi connectivity index (χ1n) is 4.50. The van der Waals surface area contributed by atoms with Gasteiger partial charge in [-0.1, -0.05) is 23.8 Å². The van der Waals surface area contributed by atoms with Gasteiger partial charge in [0, 0.05) is 6.42 Å². The van der Waals surface area contributed by atoms with Crippen molar-refractivity contribution < 1.29 is 9.59 Å². The van der Waals surface area contributed by atoms with Crippen LogP contribution in [0.2, 0.25) is 0 Å². The molecule has 0 aromatic heterocycles. The summed E-state index contributed by atoms with van der Waals surface area (Å²) in [4.78, 5) is 22.0. The fraction of sp³-hybridized carbons (Fsp3) is 0.167. The van der Waals surface area contributed by atoms with Crippen molar-refractivity contribution in [3.05, 3.63) is 40.5 Å². The van der Waals surface area contributed by atoms with Crippen LogP contribution in [0.5, 0.6) is 0 Å². The third-order valence-corrected chi connectivity index (χ3v) is 2.41. The molecule has 0 fully saturated rings. The van der Waals surface area contributed by atoms with E-state index in [-0.39, 0.29) is 11.4 Å². The molecule has 70 valence electrons. The van der Waals surface area contributed by atoms with Crippen molar-refractivity contribution in [1.29, 1.82) is 0 Å². The third kappa shape index (κ3) is 1.39. The minimum Gasteiger partial charge on any atom is -0.298 e. The zero-order valence-electron chi connectivity index (χ0n) is 7.91. The molecule has 0 amide bonds. The number of hydrogen-bond donors (Lipinski definition) is 0. The summed E-state index contributed by atoms with van der Waals surface area (Å²) in [5.74, 6) is -0.0851. The topological polar surface area (TPSA) is 34.1 Å². The number of allylic oxidation sites excluding steroid dienone is 1. The number of benzene rings is 1. The SMILES string of the molecule is Cc1ccc2c(c1)CC(=O)C(C=O)=C2. The average Bonchev–Trinajstić information content (AvgIpc) is 2.16. The van der Waals surface area contributed by atoms with E-state index in [1.807, 2.05) is 25.1 Å². The Bertz CT molecular complexity index is 442. The largest absolute Gasteiger partial charge is 0.298 e. The van der Waals surface area contributed by atoms with Crippen molar-refractivity contribution in [2.45, 2.75) is 13.3 Å². The van der Waals surface area contributed by atoms with Crippen LogP contribution < -0.4 is 0 Å². The molecule has 1 aromatic rings. The lowest BCUT2D eigenvalue weighted by Crippen LogP contribution is -2.13. The standard InChI is InChI=1S/C12H10O2/c1-8-2-3-9-5-11(7-13)12(14)6-10(9)4-8/h2-5,7H,6H2,1H3. The highest BCUT2D eigenvalue weighted by molar-refractivity contribution is 6.17. The monoisotopic (exact) mass is 186 g/mol. The fourth-order valence-corrected chi connectivity index (χ4v) is 1.65. The highest BCUT2D eigenvalue weighted by Gasteiger charge is 2.17. The summed E-state index contributed by atoms with van der Waals surface area (Å²) in [5, 5.41) is 0. The maximum Gasteiger partial charge on any atom is 0.170 e. The van der Waals surface area contributed by atoms with Gasteiger partial charge >= 0.3 is 0 Å². The lowest BCUT2D eigenvalue weighted by atomic mass is 9.91. The quantitative estimate of drug-likeness (QED) is 0.494. The van der Waals surface area contributed by atoms with Crippen molar-refractivity contribution >= 4 is 18.1 Å². The van der Waals surface area contributed by atoms with Crippen LogP contribution in [-0.2, 0) is 16.0 Å². The molecular weight excluding hydrogens is 176 g/mol. The molecule has 0 aliphatic heterocycles.